The molecule has 15 nitrogen and oxygen atoms in total. The highest BCUT2D eigenvalue weighted by molar-refractivity contribution is 8.13. The molecule has 1 aliphatic rings. The number of aromatic amines is 1. The van der Waals surface area contributed by atoms with Crippen LogP contribution < -0.4 is 16.4 Å². The first kappa shape index (κ1) is 32.2. The van der Waals surface area contributed by atoms with E-state index in [1.165, 1.54) is 0 Å². The summed E-state index contributed by atoms with van der Waals surface area (Å²) >= 11 is 0.860. The molecule has 1 saturated heterocycles. The number of hydrogen-bond donors (Lipinski definition) is 6. The number of rotatable bonds is 13. The third kappa shape index (κ3) is 7.07. The van der Waals surface area contributed by atoms with Crippen LogP contribution in [0, 0.1) is 5.41 Å². The van der Waals surface area contributed by atoms with Crippen LogP contribution in [-0.2, 0) is 29.7 Å². The van der Waals surface area contributed by atoms with Gasteiger partial charge in [0.25, 0.3) is 11.4 Å². The number of halogens is 1. The van der Waals surface area contributed by atoms with Crippen LogP contribution in [0.15, 0.2) is 41.5 Å². The molecule has 0 amide bonds. The summed E-state index contributed by atoms with van der Waals surface area (Å²) in [5, 5.41) is 32.9. The van der Waals surface area contributed by atoms with Crippen LogP contribution in [0.5, 0.6) is 0 Å². The van der Waals surface area contributed by atoms with Crippen molar-refractivity contribution in [3.63, 3.8) is 0 Å². The molecule has 1 aromatic carbocycles. The summed E-state index contributed by atoms with van der Waals surface area (Å²) in [6.07, 6.45) is -4.61. The van der Waals surface area contributed by atoms with Gasteiger partial charge in [0.05, 0.1) is 25.0 Å². The summed E-state index contributed by atoms with van der Waals surface area (Å²) < 4.78 is 46.7. The van der Waals surface area contributed by atoms with E-state index in [4.69, 9.17) is 19.5 Å². The molecule has 1 unspecified atom stereocenters. The minimum Gasteiger partial charge on any atom is -0.395 e. The van der Waals surface area contributed by atoms with Gasteiger partial charge in [-0.15, -0.1) is 0 Å². The van der Waals surface area contributed by atoms with E-state index in [1.807, 2.05) is 0 Å². The van der Waals surface area contributed by atoms with Crippen molar-refractivity contribution in [2.75, 3.05) is 31.3 Å². The number of ether oxygens (including phenoxy) is 1. The topological polar surface area (TPSA) is 224 Å². The van der Waals surface area contributed by atoms with Gasteiger partial charge in [0.2, 0.25) is 5.95 Å². The van der Waals surface area contributed by atoms with Crippen molar-refractivity contribution in [2.24, 2.45) is 5.41 Å². The van der Waals surface area contributed by atoms with Gasteiger partial charge >= 0.3 is 7.75 Å². The Labute approximate surface area is 243 Å². The summed E-state index contributed by atoms with van der Waals surface area (Å²) in [5.41, 5.74) is 4.33. The Morgan fingerprint density at radius 1 is 1.33 bits per heavy atom. The number of H-pyrrole nitrogens is 1. The molecule has 0 aliphatic carbocycles. The van der Waals surface area contributed by atoms with Gasteiger partial charge < -0.3 is 25.8 Å². The van der Waals surface area contributed by atoms with Crippen LogP contribution in [0.25, 0.3) is 11.2 Å². The Kier molecular flexibility index (Phi) is 9.86. The van der Waals surface area contributed by atoms with E-state index >= 15 is 4.39 Å². The molecule has 3 heterocycles. The number of thioether (sulfide) groups is 1. The number of aliphatic hydroxyl groups is 3. The molecular formula is C24H32FN6O9PS. The molecule has 0 saturated carbocycles. The monoisotopic (exact) mass is 630 g/mol. The van der Waals surface area contributed by atoms with Crippen molar-refractivity contribution < 1.29 is 42.9 Å². The highest BCUT2D eigenvalue weighted by atomic mass is 32.2. The van der Waals surface area contributed by atoms with Gasteiger partial charge in [0, 0.05) is 12.3 Å². The van der Waals surface area contributed by atoms with Crippen LogP contribution in [0.1, 0.15) is 25.6 Å². The minimum atomic E-state index is -4.30. The van der Waals surface area contributed by atoms with Gasteiger partial charge in [-0.25, -0.2) is 19.0 Å². The van der Waals surface area contributed by atoms with E-state index in [0.717, 1.165) is 22.7 Å². The van der Waals surface area contributed by atoms with Crippen LogP contribution in [0.3, 0.4) is 0 Å². The van der Waals surface area contributed by atoms with Crippen LogP contribution in [-0.4, -0.2) is 83.6 Å². The number of alkyl halides is 1. The number of imidazole rings is 1. The van der Waals surface area contributed by atoms with Crippen LogP contribution in [0.2, 0.25) is 0 Å². The molecule has 7 N–H and O–H groups in total. The highest BCUT2D eigenvalue weighted by Gasteiger charge is 2.57. The molecule has 0 bridgehead atoms. The fourth-order valence-electron chi connectivity index (χ4n) is 3.86. The SMILES string of the molecule is CC(C)(CO)C(=O)SCCOP(=O)(NCc1ccccc1)OC[C@@]1(F)O[C@@H](n2cnc3c(=O)[nH]c(N)nc32)[C@H](O)[C@@H]1O. The van der Waals surface area contributed by atoms with Gasteiger partial charge in [-0.05, 0) is 19.4 Å². The lowest BCUT2D eigenvalue weighted by Gasteiger charge is -2.26. The number of aromatic nitrogens is 4. The number of nitrogen functional groups attached to an aromatic ring is 1. The second kappa shape index (κ2) is 12.9. The number of nitrogens with zero attached hydrogens (tertiary/aromatic N) is 3. The van der Waals surface area contributed by atoms with Crippen molar-refractivity contribution in [2.45, 2.75) is 44.7 Å². The lowest BCUT2D eigenvalue weighted by molar-refractivity contribution is -0.203. The molecule has 1 fully saturated rings. The summed E-state index contributed by atoms with van der Waals surface area (Å²) in [6, 6.07) is 8.78. The van der Waals surface area contributed by atoms with Crippen LogP contribution >= 0.6 is 19.5 Å². The Balaban J connectivity index is 1.47. The molecule has 230 valence electrons. The summed E-state index contributed by atoms with van der Waals surface area (Å²) in [4.78, 5) is 34.5. The van der Waals surface area contributed by atoms with Crippen molar-refractivity contribution in [1.82, 2.24) is 24.6 Å². The standard InChI is InChI=1S/C24H32FN6O9PS/c1-23(2,11-32)21(36)42-9-8-38-41(37,28-10-14-6-4-3-5-7-14)39-12-24(25)17(34)16(33)20(40-24)31-13-27-15-18(31)29-22(26)30-19(15)35/h3-7,13,16-17,20,32-34H,8-12H2,1-2H3,(H,28,37)(H3,26,29,30,35)/t16-,17+,20-,24-,41?/m1/s1. The fraction of sp³-hybridized carbons (Fsp3) is 0.500. The maximum Gasteiger partial charge on any atom is 0.406 e. The zero-order chi connectivity index (χ0) is 30.7. The first-order chi connectivity index (χ1) is 19.8. The zero-order valence-corrected chi connectivity index (χ0v) is 24.4. The number of aliphatic hydroxyl groups excluding tert-OH is 3. The zero-order valence-electron chi connectivity index (χ0n) is 22.7. The van der Waals surface area contributed by atoms with E-state index < -0.39 is 49.6 Å². The molecular weight excluding hydrogens is 598 g/mol. The quantitative estimate of drug-likeness (QED) is 0.114. The molecule has 3 aromatic rings. The molecule has 18 heteroatoms. The molecule has 0 spiro atoms. The fourth-order valence-corrected chi connectivity index (χ4v) is 6.10. The highest BCUT2D eigenvalue weighted by Crippen LogP contribution is 2.48. The second-order valence-corrected chi connectivity index (χ2v) is 13.0. The molecule has 4 rings (SSSR count). The van der Waals surface area contributed by atoms with E-state index in [9.17, 15) is 29.5 Å². The Morgan fingerprint density at radius 2 is 2.05 bits per heavy atom. The van der Waals surface area contributed by atoms with Crippen molar-refractivity contribution >= 4 is 41.7 Å². The van der Waals surface area contributed by atoms with Crippen molar-refractivity contribution in [1.29, 1.82) is 0 Å². The lowest BCUT2D eigenvalue weighted by Crippen LogP contribution is -2.43. The van der Waals surface area contributed by atoms with Crippen molar-refractivity contribution in [3.8, 4) is 0 Å². The van der Waals surface area contributed by atoms with Gasteiger partial charge in [-0.3, -0.25) is 28.2 Å². The average Bonchev–Trinajstić information content (AvgIpc) is 3.48. The third-order valence-electron chi connectivity index (χ3n) is 6.38. The predicted molar refractivity (Wildman–Crippen MR) is 150 cm³/mol. The number of carbonyl (C=O) groups excluding carboxylic acids is 1. The first-order valence-electron chi connectivity index (χ1n) is 12.7. The van der Waals surface area contributed by atoms with Crippen molar-refractivity contribution in [3.05, 3.63) is 52.6 Å². The first-order valence-corrected chi connectivity index (χ1v) is 15.2. The Bertz CT molecular complexity index is 1510. The number of fused-ring (bicyclic) bond motifs is 1. The molecule has 1 aliphatic heterocycles. The molecule has 2 aromatic heterocycles. The Morgan fingerprint density at radius 3 is 2.74 bits per heavy atom. The smallest absolute Gasteiger partial charge is 0.395 e. The van der Waals surface area contributed by atoms with E-state index in [0.29, 0.717) is 5.56 Å². The number of nitrogens with two attached hydrogens (primary N) is 1. The Hall–Kier alpha value is -2.73. The number of hydrogen-bond acceptors (Lipinski definition) is 13. The molecule has 42 heavy (non-hydrogen) atoms. The molecule has 0 radical (unpaired) electrons. The predicted octanol–water partition coefficient (Wildman–Crippen LogP) is 0.828. The maximum atomic E-state index is 15.9. The van der Waals surface area contributed by atoms with E-state index in [-0.39, 0.29) is 47.7 Å². The lowest BCUT2D eigenvalue weighted by atomic mass is 9.97. The number of benzene rings is 1. The number of anilines is 1. The molecule has 5 atom stereocenters. The minimum absolute atomic E-state index is 0.00164. The summed E-state index contributed by atoms with van der Waals surface area (Å²) in [5.74, 6) is -3.30. The number of carbonyl (C=O) groups is 1. The summed E-state index contributed by atoms with van der Waals surface area (Å²) in [6.45, 7) is 1.38. The average molecular weight is 631 g/mol. The third-order valence-corrected chi connectivity index (χ3v) is 9.10. The van der Waals surface area contributed by atoms with Gasteiger partial charge in [-0.2, -0.15) is 4.98 Å². The second-order valence-electron chi connectivity index (χ2n) is 10.1. The number of nitrogens with one attached hydrogen (secondary N) is 2. The normalized spacial score (nSPS) is 24.2. The van der Waals surface area contributed by atoms with E-state index in [1.54, 1.807) is 44.2 Å². The van der Waals surface area contributed by atoms with Crippen LogP contribution in [0.4, 0.5) is 10.3 Å². The van der Waals surface area contributed by atoms with E-state index in [2.05, 4.69) is 20.0 Å². The largest absolute Gasteiger partial charge is 0.406 e. The van der Waals surface area contributed by atoms with Gasteiger partial charge in [0.1, 0.15) is 18.8 Å². The van der Waals surface area contributed by atoms with Gasteiger partial charge in [0.15, 0.2) is 22.5 Å². The maximum absolute atomic E-state index is 15.9. The van der Waals surface area contributed by atoms with Gasteiger partial charge in [-0.1, -0.05) is 42.1 Å². The summed E-state index contributed by atoms with van der Waals surface area (Å²) in [7, 11) is -4.30.